The molecular weight excluding hydrogens is 438 g/mol. The Morgan fingerprint density at radius 2 is 1.80 bits per heavy atom. The molecule has 2 fully saturated rings. The van der Waals surface area contributed by atoms with Gasteiger partial charge in [0, 0.05) is 54.8 Å². The highest BCUT2D eigenvalue weighted by atomic mass is 16.5. The van der Waals surface area contributed by atoms with Crippen molar-refractivity contribution in [3.63, 3.8) is 0 Å². The average molecular weight is 474 g/mol. The molecule has 5 rings (SSSR count). The van der Waals surface area contributed by atoms with Crippen molar-refractivity contribution in [2.24, 2.45) is 0 Å². The molecule has 1 aliphatic heterocycles. The summed E-state index contributed by atoms with van der Waals surface area (Å²) < 4.78 is 11.4. The van der Waals surface area contributed by atoms with Crippen LogP contribution in [0.2, 0.25) is 0 Å². The van der Waals surface area contributed by atoms with E-state index in [2.05, 4.69) is 4.90 Å². The average Bonchev–Trinajstić information content (AvgIpc) is 2.93. The van der Waals surface area contributed by atoms with Gasteiger partial charge < -0.3 is 14.4 Å². The van der Waals surface area contributed by atoms with E-state index in [0.717, 1.165) is 59.8 Å². The minimum atomic E-state index is 0.0921. The number of benzene rings is 2. The number of hydrogen-bond acceptors (Lipinski definition) is 5. The first-order valence-electron chi connectivity index (χ1n) is 12.9. The van der Waals surface area contributed by atoms with Crippen LogP contribution >= 0.6 is 0 Å². The molecule has 0 unspecified atom stereocenters. The summed E-state index contributed by atoms with van der Waals surface area (Å²) in [5.74, 6) is 1.62. The Balaban J connectivity index is 1.37. The van der Waals surface area contributed by atoms with Gasteiger partial charge >= 0.3 is 0 Å². The van der Waals surface area contributed by atoms with Crippen molar-refractivity contribution in [1.29, 1.82) is 0 Å². The highest BCUT2D eigenvalue weighted by Crippen LogP contribution is 2.32. The SMILES string of the molecule is CCOc1cc(-c2cccc(OC)c2)nc2ccc(C(=O)N3CCN(C4CCCCC4)CC3)cc12. The van der Waals surface area contributed by atoms with Gasteiger partial charge in [-0.1, -0.05) is 31.4 Å². The molecule has 2 heterocycles. The van der Waals surface area contributed by atoms with Crippen molar-refractivity contribution in [3.05, 3.63) is 54.1 Å². The van der Waals surface area contributed by atoms with Gasteiger partial charge in [0.1, 0.15) is 11.5 Å². The monoisotopic (exact) mass is 473 g/mol. The van der Waals surface area contributed by atoms with Gasteiger partial charge in [-0.2, -0.15) is 0 Å². The van der Waals surface area contributed by atoms with Gasteiger partial charge in [-0.3, -0.25) is 9.69 Å². The normalized spacial score (nSPS) is 17.5. The lowest BCUT2D eigenvalue weighted by Crippen LogP contribution is -2.52. The fraction of sp³-hybridized carbons (Fsp3) is 0.448. The maximum atomic E-state index is 13.4. The summed E-state index contributed by atoms with van der Waals surface area (Å²) in [6.45, 7) is 6.03. The summed E-state index contributed by atoms with van der Waals surface area (Å²) in [4.78, 5) is 22.9. The maximum absolute atomic E-state index is 13.4. The van der Waals surface area contributed by atoms with Gasteiger partial charge in [-0.25, -0.2) is 4.98 Å². The molecule has 0 radical (unpaired) electrons. The fourth-order valence-electron chi connectivity index (χ4n) is 5.45. The number of aromatic nitrogens is 1. The lowest BCUT2D eigenvalue weighted by molar-refractivity contribution is 0.0523. The number of hydrogen-bond donors (Lipinski definition) is 0. The summed E-state index contributed by atoms with van der Waals surface area (Å²) in [7, 11) is 1.66. The van der Waals surface area contributed by atoms with Gasteiger partial charge in [0.25, 0.3) is 5.91 Å². The van der Waals surface area contributed by atoms with Crippen LogP contribution in [-0.4, -0.2) is 66.6 Å². The van der Waals surface area contributed by atoms with E-state index in [1.165, 1.54) is 32.1 Å². The van der Waals surface area contributed by atoms with E-state index in [-0.39, 0.29) is 5.91 Å². The van der Waals surface area contributed by atoms with Crippen LogP contribution in [0.5, 0.6) is 11.5 Å². The lowest BCUT2D eigenvalue weighted by Gasteiger charge is -2.40. The van der Waals surface area contributed by atoms with Crippen molar-refractivity contribution < 1.29 is 14.3 Å². The van der Waals surface area contributed by atoms with E-state index >= 15 is 0 Å². The summed E-state index contributed by atoms with van der Waals surface area (Å²) >= 11 is 0. The first-order chi connectivity index (χ1) is 17.2. The van der Waals surface area contributed by atoms with E-state index in [1.54, 1.807) is 7.11 Å². The van der Waals surface area contributed by atoms with Crippen molar-refractivity contribution in [2.75, 3.05) is 39.9 Å². The number of nitrogens with zero attached hydrogens (tertiary/aromatic N) is 3. The molecule has 35 heavy (non-hydrogen) atoms. The Kier molecular flexibility index (Phi) is 7.19. The summed E-state index contributed by atoms with van der Waals surface area (Å²) in [6, 6.07) is 16.3. The molecule has 3 aromatic rings. The van der Waals surface area contributed by atoms with E-state index < -0.39 is 0 Å². The highest BCUT2D eigenvalue weighted by Gasteiger charge is 2.27. The van der Waals surface area contributed by atoms with Gasteiger partial charge in [-0.05, 0) is 50.1 Å². The predicted molar refractivity (Wildman–Crippen MR) is 139 cm³/mol. The number of ether oxygens (including phenoxy) is 2. The summed E-state index contributed by atoms with van der Waals surface area (Å²) in [6.07, 6.45) is 6.68. The summed E-state index contributed by atoms with van der Waals surface area (Å²) in [5, 5.41) is 0.866. The van der Waals surface area contributed by atoms with Crippen molar-refractivity contribution >= 4 is 16.8 Å². The van der Waals surface area contributed by atoms with Gasteiger partial charge in [0.2, 0.25) is 0 Å². The van der Waals surface area contributed by atoms with E-state index in [9.17, 15) is 4.79 Å². The molecule has 0 N–H and O–H groups in total. The number of carbonyl (C=O) groups excluding carboxylic acids is 1. The second-order valence-electron chi connectivity index (χ2n) is 9.52. The van der Waals surface area contributed by atoms with Crippen LogP contribution in [0.1, 0.15) is 49.4 Å². The standard InChI is InChI=1S/C29H35N3O3/c1-3-35-28-20-27(21-8-7-11-24(18-21)34-2)30-26-13-12-22(19-25(26)28)29(33)32-16-14-31(15-17-32)23-9-5-4-6-10-23/h7-8,11-13,18-20,23H,3-6,9-10,14-17H2,1-2H3. The first-order valence-corrected chi connectivity index (χ1v) is 12.9. The molecule has 2 aromatic carbocycles. The van der Waals surface area contributed by atoms with Crippen LogP contribution in [0.15, 0.2) is 48.5 Å². The Labute approximate surface area is 207 Å². The quantitative estimate of drug-likeness (QED) is 0.480. The van der Waals surface area contributed by atoms with Gasteiger partial charge in [-0.15, -0.1) is 0 Å². The third-order valence-electron chi connectivity index (χ3n) is 7.38. The Morgan fingerprint density at radius 1 is 1.00 bits per heavy atom. The molecule has 184 valence electrons. The number of carbonyl (C=O) groups is 1. The van der Waals surface area contributed by atoms with Gasteiger partial charge in [0.05, 0.1) is 24.9 Å². The van der Waals surface area contributed by atoms with Gasteiger partial charge in [0.15, 0.2) is 0 Å². The van der Waals surface area contributed by atoms with Crippen LogP contribution in [0.25, 0.3) is 22.2 Å². The highest BCUT2D eigenvalue weighted by molar-refractivity contribution is 6.00. The molecule has 1 aromatic heterocycles. The number of rotatable bonds is 6. The molecule has 1 amide bonds. The largest absolute Gasteiger partial charge is 0.497 e. The number of methoxy groups -OCH3 is 1. The maximum Gasteiger partial charge on any atom is 0.253 e. The third-order valence-corrected chi connectivity index (χ3v) is 7.38. The minimum Gasteiger partial charge on any atom is -0.497 e. The van der Waals surface area contributed by atoms with Crippen LogP contribution in [0, 0.1) is 0 Å². The topological polar surface area (TPSA) is 54.9 Å². The molecule has 2 aliphatic rings. The van der Waals surface area contributed by atoms with Crippen molar-refractivity contribution in [3.8, 4) is 22.8 Å². The van der Waals surface area contributed by atoms with Crippen LogP contribution in [0.4, 0.5) is 0 Å². The van der Waals surface area contributed by atoms with E-state index in [0.29, 0.717) is 18.2 Å². The predicted octanol–water partition coefficient (Wildman–Crippen LogP) is 5.40. The smallest absolute Gasteiger partial charge is 0.253 e. The second kappa shape index (κ2) is 10.6. The molecule has 1 aliphatic carbocycles. The Hall–Kier alpha value is -3.12. The van der Waals surface area contributed by atoms with Crippen LogP contribution in [-0.2, 0) is 0 Å². The number of amides is 1. The van der Waals surface area contributed by atoms with E-state index in [4.69, 9.17) is 14.5 Å². The zero-order chi connectivity index (χ0) is 24.2. The molecular formula is C29H35N3O3. The fourth-order valence-corrected chi connectivity index (χ4v) is 5.45. The Morgan fingerprint density at radius 3 is 2.54 bits per heavy atom. The summed E-state index contributed by atoms with van der Waals surface area (Å²) in [5.41, 5.74) is 3.29. The number of fused-ring (bicyclic) bond motifs is 1. The molecule has 6 nitrogen and oxygen atoms in total. The van der Waals surface area contributed by atoms with Crippen LogP contribution < -0.4 is 9.47 Å². The molecule has 0 bridgehead atoms. The first kappa shape index (κ1) is 23.6. The Bertz CT molecular complexity index is 1180. The second-order valence-corrected chi connectivity index (χ2v) is 9.52. The van der Waals surface area contributed by atoms with Crippen molar-refractivity contribution in [2.45, 2.75) is 45.1 Å². The van der Waals surface area contributed by atoms with Crippen LogP contribution in [0.3, 0.4) is 0 Å². The molecule has 0 atom stereocenters. The molecule has 1 saturated carbocycles. The number of piperazine rings is 1. The zero-order valence-electron chi connectivity index (χ0n) is 20.8. The minimum absolute atomic E-state index is 0.0921. The van der Waals surface area contributed by atoms with Crippen molar-refractivity contribution in [1.82, 2.24) is 14.8 Å². The molecule has 1 saturated heterocycles. The number of pyridine rings is 1. The van der Waals surface area contributed by atoms with E-state index in [1.807, 2.05) is 60.4 Å². The third kappa shape index (κ3) is 5.13. The zero-order valence-corrected chi connectivity index (χ0v) is 20.8. The molecule has 6 heteroatoms. The lowest BCUT2D eigenvalue weighted by atomic mass is 9.94. The molecule has 0 spiro atoms.